The van der Waals surface area contributed by atoms with E-state index in [0.717, 1.165) is 23.4 Å². The summed E-state index contributed by atoms with van der Waals surface area (Å²) in [6.07, 6.45) is 3.61. The first-order valence-electron chi connectivity index (χ1n) is 5.87. The molecule has 2 aromatic heterocycles. The Labute approximate surface area is 129 Å². The van der Waals surface area contributed by atoms with Gasteiger partial charge in [-0.2, -0.15) is 0 Å². The van der Waals surface area contributed by atoms with E-state index in [0.29, 0.717) is 5.88 Å². The van der Waals surface area contributed by atoms with Crippen LogP contribution in [0.25, 0.3) is 11.0 Å². The second kappa shape index (κ2) is 5.46. The number of benzene rings is 1. The van der Waals surface area contributed by atoms with Gasteiger partial charge in [0.15, 0.2) is 0 Å². The highest BCUT2D eigenvalue weighted by Crippen LogP contribution is 2.21. The second-order valence-electron chi connectivity index (χ2n) is 4.24. The molecule has 0 fully saturated rings. The molecule has 3 aromatic rings. The molecule has 0 radical (unpaired) electrons. The zero-order valence-corrected chi connectivity index (χ0v) is 13.0. The lowest BCUT2D eigenvalue weighted by molar-refractivity contribution is 0.777. The van der Waals surface area contributed by atoms with Gasteiger partial charge < -0.3 is 4.57 Å². The van der Waals surface area contributed by atoms with Crippen LogP contribution in [0, 0.1) is 3.57 Å². The van der Waals surface area contributed by atoms with Crippen molar-refractivity contribution in [3.05, 3.63) is 57.7 Å². The van der Waals surface area contributed by atoms with Gasteiger partial charge in [-0.15, -0.1) is 11.6 Å². The second-order valence-corrected chi connectivity index (χ2v) is 5.75. The van der Waals surface area contributed by atoms with E-state index < -0.39 is 0 Å². The van der Waals surface area contributed by atoms with Gasteiger partial charge in [0, 0.05) is 22.5 Å². The van der Waals surface area contributed by atoms with E-state index in [1.54, 1.807) is 12.4 Å². The normalized spacial score (nSPS) is 11.1. The van der Waals surface area contributed by atoms with Gasteiger partial charge in [0.25, 0.3) is 0 Å². The Morgan fingerprint density at radius 1 is 1.16 bits per heavy atom. The van der Waals surface area contributed by atoms with Crippen LogP contribution in [0.15, 0.2) is 42.7 Å². The highest BCUT2D eigenvalue weighted by atomic mass is 127. The molecule has 0 unspecified atom stereocenters. The van der Waals surface area contributed by atoms with Crippen molar-refractivity contribution in [2.75, 3.05) is 0 Å². The topological polar surface area (TPSA) is 30.7 Å². The number of halogens is 2. The smallest absolute Gasteiger partial charge is 0.125 e. The molecular formula is C14H11ClIN3. The molecule has 0 saturated carbocycles. The predicted octanol–water partition coefficient (Wildman–Crippen LogP) is 3.82. The van der Waals surface area contributed by atoms with Gasteiger partial charge in [-0.05, 0) is 58.5 Å². The molecule has 2 heterocycles. The van der Waals surface area contributed by atoms with Crippen LogP contribution in [0.3, 0.4) is 0 Å². The van der Waals surface area contributed by atoms with E-state index in [1.165, 1.54) is 9.13 Å². The van der Waals surface area contributed by atoms with Gasteiger partial charge in [-0.1, -0.05) is 0 Å². The maximum absolute atomic E-state index is 6.01. The lowest BCUT2D eigenvalue weighted by Gasteiger charge is -2.07. The van der Waals surface area contributed by atoms with Crippen molar-refractivity contribution in [2.24, 2.45) is 0 Å². The Balaban J connectivity index is 2.11. The molecule has 0 bridgehead atoms. The number of rotatable bonds is 3. The number of nitrogens with zero attached hydrogens (tertiary/aromatic N) is 3. The summed E-state index contributed by atoms with van der Waals surface area (Å²) in [6.45, 7) is 0.766. The Morgan fingerprint density at radius 2 is 1.95 bits per heavy atom. The fourth-order valence-electron chi connectivity index (χ4n) is 2.10. The van der Waals surface area contributed by atoms with Crippen molar-refractivity contribution in [3.63, 3.8) is 0 Å². The van der Waals surface area contributed by atoms with Crippen LogP contribution in [-0.4, -0.2) is 14.5 Å². The largest absolute Gasteiger partial charge is 0.322 e. The van der Waals surface area contributed by atoms with Crippen LogP contribution in [0.2, 0.25) is 0 Å². The molecule has 0 aliphatic carbocycles. The molecule has 0 aliphatic rings. The number of aromatic nitrogens is 3. The minimum atomic E-state index is 0.413. The van der Waals surface area contributed by atoms with Crippen LogP contribution < -0.4 is 0 Å². The van der Waals surface area contributed by atoms with Gasteiger partial charge in [0.05, 0.1) is 16.9 Å². The molecular weight excluding hydrogens is 373 g/mol. The van der Waals surface area contributed by atoms with Crippen LogP contribution in [0.1, 0.15) is 11.4 Å². The summed E-state index contributed by atoms with van der Waals surface area (Å²) in [5.41, 5.74) is 3.31. The van der Waals surface area contributed by atoms with Crippen LogP contribution in [0.5, 0.6) is 0 Å². The van der Waals surface area contributed by atoms with Crippen molar-refractivity contribution in [2.45, 2.75) is 12.4 Å². The van der Waals surface area contributed by atoms with Crippen LogP contribution >= 0.6 is 34.2 Å². The molecule has 3 rings (SSSR count). The molecule has 0 saturated heterocycles. The SMILES string of the molecule is ClCc1nc2cc(I)ccc2n1Cc1ccncc1. The van der Waals surface area contributed by atoms with Gasteiger partial charge in [-0.25, -0.2) is 4.98 Å². The third-order valence-electron chi connectivity index (χ3n) is 3.00. The summed E-state index contributed by atoms with van der Waals surface area (Å²) in [5, 5.41) is 0. The first-order valence-corrected chi connectivity index (χ1v) is 7.49. The fraction of sp³-hybridized carbons (Fsp3) is 0.143. The van der Waals surface area contributed by atoms with E-state index >= 15 is 0 Å². The van der Waals surface area contributed by atoms with Gasteiger partial charge in [-0.3, -0.25) is 4.98 Å². The molecule has 0 N–H and O–H groups in total. The minimum Gasteiger partial charge on any atom is -0.322 e. The molecule has 96 valence electrons. The van der Waals surface area contributed by atoms with Crippen molar-refractivity contribution in [1.82, 2.24) is 14.5 Å². The van der Waals surface area contributed by atoms with Crippen molar-refractivity contribution < 1.29 is 0 Å². The molecule has 0 aliphatic heterocycles. The van der Waals surface area contributed by atoms with Crippen LogP contribution in [0.4, 0.5) is 0 Å². The fourth-order valence-corrected chi connectivity index (χ4v) is 2.78. The van der Waals surface area contributed by atoms with Gasteiger partial charge >= 0.3 is 0 Å². The van der Waals surface area contributed by atoms with E-state index in [-0.39, 0.29) is 0 Å². The number of imidazole rings is 1. The van der Waals surface area contributed by atoms with Crippen molar-refractivity contribution in [3.8, 4) is 0 Å². The Kier molecular flexibility index (Phi) is 3.70. The van der Waals surface area contributed by atoms with Crippen molar-refractivity contribution in [1.29, 1.82) is 0 Å². The van der Waals surface area contributed by atoms with Crippen LogP contribution in [-0.2, 0) is 12.4 Å². The monoisotopic (exact) mass is 383 g/mol. The molecule has 1 aromatic carbocycles. The molecule has 0 amide bonds. The Morgan fingerprint density at radius 3 is 2.68 bits per heavy atom. The number of pyridine rings is 1. The highest BCUT2D eigenvalue weighted by molar-refractivity contribution is 14.1. The summed E-state index contributed by atoms with van der Waals surface area (Å²) in [7, 11) is 0. The number of fused-ring (bicyclic) bond motifs is 1. The lowest BCUT2D eigenvalue weighted by atomic mass is 10.2. The summed E-state index contributed by atoms with van der Waals surface area (Å²) >= 11 is 8.31. The zero-order valence-electron chi connectivity index (χ0n) is 10.1. The number of alkyl halides is 1. The molecule has 5 heteroatoms. The average molecular weight is 384 g/mol. The summed E-state index contributed by atoms with van der Waals surface area (Å²) in [6, 6.07) is 10.3. The van der Waals surface area contributed by atoms with E-state index in [9.17, 15) is 0 Å². The molecule has 19 heavy (non-hydrogen) atoms. The predicted molar refractivity (Wildman–Crippen MR) is 85.3 cm³/mol. The molecule has 0 spiro atoms. The van der Waals surface area contributed by atoms with E-state index in [2.05, 4.69) is 55.3 Å². The Bertz CT molecular complexity index is 709. The standard InChI is InChI=1S/C14H11ClIN3/c15-8-14-18-12-7-11(16)1-2-13(12)19(14)9-10-3-5-17-6-4-10/h1-7H,8-9H2. The summed E-state index contributed by atoms with van der Waals surface area (Å²) in [5.74, 6) is 1.31. The zero-order chi connectivity index (χ0) is 13.2. The Hall–Kier alpha value is -1.14. The quantitative estimate of drug-likeness (QED) is 0.508. The first-order chi connectivity index (χ1) is 9.28. The third-order valence-corrected chi connectivity index (χ3v) is 3.91. The maximum atomic E-state index is 6.01. The average Bonchev–Trinajstić information content (AvgIpc) is 2.77. The van der Waals surface area contributed by atoms with Crippen molar-refractivity contribution >= 4 is 45.2 Å². The van der Waals surface area contributed by atoms with Gasteiger partial charge in [0.2, 0.25) is 0 Å². The molecule has 3 nitrogen and oxygen atoms in total. The van der Waals surface area contributed by atoms with Gasteiger partial charge in [0.1, 0.15) is 5.82 Å². The number of hydrogen-bond donors (Lipinski definition) is 0. The maximum Gasteiger partial charge on any atom is 0.125 e. The molecule has 0 atom stereocenters. The summed E-state index contributed by atoms with van der Waals surface area (Å²) < 4.78 is 3.34. The minimum absolute atomic E-state index is 0.413. The number of hydrogen-bond acceptors (Lipinski definition) is 2. The first kappa shape index (κ1) is 12.9. The third kappa shape index (κ3) is 2.60. The summed E-state index contributed by atoms with van der Waals surface area (Å²) in [4.78, 5) is 8.64. The lowest BCUT2D eigenvalue weighted by Crippen LogP contribution is -2.03. The highest BCUT2D eigenvalue weighted by Gasteiger charge is 2.10. The van der Waals surface area contributed by atoms with E-state index in [1.807, 2.05) is 12.1 Å². The van der Waals surface area contributed by atoms with E-state index in [4.69, 9.17) is 11.6 Å².